The van der Waals surface area contributed by atoms with Gasteiger partial charge in [0.25, 0.3) is 0 Å². The summed E-state index contributed by atoms with van der Waals surface area (Å²) in [5, 5.41) is 12.2. The molecule has 3 aromatic rings. The maximum Gasteiger partial charge on any atom is 0.348 e. The number of hydrogen-bond acceptors (Lipinski definition) is 8. The van der Waals surface area contributed by atoms with Gasteiger partial charge in [0.05, 0.1) is 15.1 Å². The molecule has 0 saturated carbocycles. The lowest BCUT2D eigenvalue weighted by Crippen LogP contribution is -2.47. The number of benzene rings is 1. The molecular formula is C17H17ClN6O2S. The Balaban J connectivity index is 1.53. The van der Waals surface area contributed by atoms with Gasteiger partial charge in [0, 0.05) is 26.2 Å². The van der Waals surface area contributed by atoms with E-state index in [1.54, 1.807) is 11.3 Å². The van der Waals surface area contributed by atoms with Gasteiger partial charge in [-0.3, -0.25) is 10.1 Å². The summed E-state index contributed by atoms with van der Waals surface area (Å²) in [7, 11) is 0. The van der Waals surface area contributed by atoms with E-state index in [1.807, 2.05) is 4.90 Å². The molecule has 0 atom stereocenters. The molecule has 27 heavy (non-hydrogen) atoms. The number of nitrogens with zero attached hydrogens (tertiary/aromatic N) is 6. The number of aromatic nitrogens is 3. The Morgan fingerprint density at radius 3 is 2.67 bits per heavy atom. The lowest BCUT2D eigenvalue weighted by molar-refractivity contribution is -0.384. The number of anilines is 2. The van der Waals surface area contributed by atoms with Gasteiger partial charge in [-0.05, 0) is 24.1 Å². The van der Waals surface area contributed by atoms with Crippen LogP contribution in [0.3, 0.4) is 0 Å². The summed E-state index contributed by atoms with van der Waals surface area (Å²) < 4.78 is 1.19. The first-order valence-corrected chi connectivity index (χ1v) is 9.80. The van der Waals surface area contributed by atoms with Crippen molar-refractivity contribution in [2.75, 3.05) is 36.0 Å². The highest BCUT2D eigenvalue weighted by atomic mass is 35.5. The van der Waals surface area contributed by atoms with Crippen LogP contribution in [0.2, 0.25) is 5.15 Å². The fraction of sp³-hybridized carbons (Fsp3) is 0.353. The second-order valence-corrected chi connectivity index (χ2v) is 7.59. The van der Waals surface area contributed by atoms with E-state index in [0.717, 1.165) is 17.1 Å². The van der Waals surface area contributed by atoms with Crippen LogP contribution in [0, 0.1) is 10.1 Å². The second kappa shape index (κ2) is 7.24. The first-order valence-electron chi connectivity index (χ1n) is 8.61. The maximum atomic E-state index is 11.3. The molecule has 0 amide bonds. The molecule has 1 fully saturated rings. The average molecular weight is 405 g/mol. The van der Waals surface area contributed by atoms with Crippen LogP contribution in [-0.4, -0.2) is 46.1 Å². The molecule has 0 spiro atoms. The van der Waals surface area contributed by atoms with Crippen molar-refractivity contribution in [3.63, 3.8) is 0 Å². The van der Waals surface area contributed by atoms with Crippen molar-refractivity contribution in [1.82, 2.24) is 15.0 Å². The van der Waals surface area contributed by atoms with Crippen LogP contribution >= 0.6 is 22.9 Å². The number of hydrogen-bond donors (Lipinski definition) is 0. The van der Waals surface area contributed by atoms with Crippen LogP contribution in [0.25, 0.3) is 10.2 Å². The molecule has 0 bridgehead atoms. The summed E-state index contributed by atoms with van der Waals surface area (Å²) in [6, 6.07) is 6.37. The van der Waals surface area contributed by atoms with Crippen LogP contribution in [0.5, 0.6) is 0 Å². The summed E-state index contributed by atoms with van der Waals surface area (Å²) in [5.41, 5.74) is 2.07. The summed E-state index contributed by atoms with van der Waals surface area (Å²) >= 11 is 7.58. The highest BCUT2D eigenvalue weighted by Gasteiger charge is 2.29. The third-order valence-corrected chi connectivity index (χ3v) is 6.00. The predicted octanol–water partition coefficient (Wildman–Crippen LogP) is 3.54. The zero-order valence-electron chi connectivity index (χ0n) is 14.6. The van der Waals surface area contributed by atoms with Crippen molar-refractivity contribution in [3.8, 4) is 0 Å². The van der Waals surface area contributed by atoms with E-state index in [0.29, 0.717) is 26.2 Å². The first kappa shape index (κ1) is 17.9. The van der Waals surface area contributed by atoms with Crippen LogP contribution in [0.1, 0.15) is 12.5 Å². The minimum absolute atomic E-state index is 0.134. The fourth-order valence-electron chi connectivity index (χ4n) is 3.16. The van der Waals surface area contributed by atoms with E-state index < -0.39 is 4.92 Å². The fourth-order valence-corrected chi connectivity index (χ4v) is 4.44. The molecule has 1 aliphatic rings. The van der Waals surface area contributed by atoms with Gasteiger partial charge in [0.2, 0.25) is 11.0 Å². The van der Waals surface area contributed by atoms with Crippen molar-refractivity contribution < 1.29 is 4.92 Å². The molecule has 2 aromatic heterocycles. The van der Waals surface area contributed by atoms with Crippen LogP contribution < -0.4 is 9.80 Å². The number of thiazole rings is 1. The molecule has 1 aliphatic heterocycles. The molecule has 1 saturated heterocycles. The van der Waals surface area contributed by atoms with Crippen molar-refractivity contribution >= 4 is 49.8 Å². The Labute approximate surface area is 164 Å². The topological polar surface area (TPSA) is 88.3 Å². The smallest absolute Gasteiger partial charge is 0.347 e. The van der Waals surface area contributed by atoms with Gasteiger partial charge in [-0.1, -0.05) is 35.9 Å². The highest BCUT2D eigenvalue weighted by molar-refractivity contribution is 7.22. The Bertz CT molecular complexity index is 1000. The van der Waals surface area contributed by atoms with Gasteiger partial charge in [0.15, 0.2) is 5.13 Å². The Kier molecular flexibility index (Phi) is 4.79. The molecule has 10 heteroatoms. The number of aryl methyl sites for hydroxylation is 1. The molecule has 0 N–H and O–H groups in total. The zero-order valence-corrected chi connectivity index (χ0v) is 16.2. The lowest BCUT2D eigenvalue weighted by atomic mass is 10.2. The number of nitro groups is 1. The molecule has 0 radical (unpaired) electrons. The normalized spacial score (nSPS) is 14.7. The molecule has 0 unspecified atom stereocenters. The molecule has 4 rings (SSSR count). The Morgan fingerprint density at radius 1 is 1.22 bits per heavy atom. The van der Waals surface area contributed by atoms with E-state index in [9.17, 15) is 10.1 Å². The molecule has 8 nitrogen and oxygen atoms in total. The van der Waals surface area contributed by atoms with E-state index in [-0.39, 0.29) is 16.7 Å². The third kappa shape index (κ3) is 3.40. The van der Waals surface area contributed by atoms with Crippen molar-refractivity contribution in [1.29, 1.82) is 0 Å². The maximum absolute atomic E-state index is 11.3. The van der Waals surface area contributed by atoms with Gasteiger partial charge in [-0.2, -0.15) is 0 Å². The second-order valence-electron chi connectivity index (χ2n) is 6.22. The van der Waals surface area contributed by atoms with Crippen LogP contribution in [0.4, 0.5) is 16.6 Å². The SMILES string of the molecule is CCc1ccc2nc(N3CCN(c4ncnc(Cl)c4[N+](=O)[O-])CC3)sc2c1. The molecular weight excluding hydrogens is 388 g/mol. The van der Waals surface area contributed by atoms with Gasteiger partial charge in [-0.15, -0.1) is 0 Å². The summed E-state index contributed by atoms with van der Waals surface area (Å²) in [6.07, 6.45) is 2.26. The third-order valence-electron chi connectivity index (χ3n) is 4.64. The molecule has 1 aromatic carbocycles. The van der Waals surface area contributed by atoms with Crippen LogP contribution in [-0.2, 0) is 6.42 Å². The first-order chi connectivity index (χ1) is 13.1. The minimum atomic E-state index is -0.525. The number of piperazine rings is 1. The van der Waals surface area contributed by atoms with Gasteiger partial charge in [0.1, 0.15) is 6.33 Å². The van der Waals surface area contributed by atoms with Gasteiger partial charge >= 0.3 is 5.69 Å². The van der Waals surface area contributed by atoms with Crippen molar-refractivity contribution in [3.05, 3.63) is 45.4 Å². The van der Waals surface area contributed by atoms with E-state index in [2.05, 4.69) is 40.0 Å². The Hall–Kier alpha value is -2.52. The number of fused-ring (bicyclic) bond motifs is 1. The Morgan fingerprint density at radius 2 is 1.96 bits per heavy atom. The van der Waals surface area contributed by atoms with E-state index >= 15 is 0 Å². The zero-order chi connectivity index (χ0) is 19.0. The number of halogens is 1. The summed E-state index contributed by atoms with van der Waals surface area (Å²) in [5.74, 6) is 0.275. The van der Waals surface area contributed by atoms with Gasteiger partial charge in [-0.25, -0.2) is 15.0 Å². The van der Waals surface area contributed by atoms with E-state index in [4.69, 9.17) is 16.6 Å². The minimum Gasteiger partial charge on any atom is -0.347 e. The highest BCUT2D eigenvalue weighted by Crippen LogP contribution is 2.34. The lowest BCUT2D eigenvalue weighted by Gasteiger charge is -2.34. The van der Waals surface area contributed by atoms with Gasteiger partial charge < -0.3 is 9.80 Å². The molecule has 0 aliphatic carbocycles. The molecule has 3 heterocycles. The standard InChI is InChI=1S/C17H17ClN6O2S/c1-2-11-3-4-12-13(9-11)27-17(21-12)23-7-5-22(6-8-23)16-14(24(25)26)15(18)19-10-20-16/h3-4,9-10H,2,5-8H2,1H3. The quantitative estimate of drug-likeness (QED) is 0.373. The molecule has 140 valence electrons. The predicted molar refractivity (Wildman–Crippen MR) is 107 cm³/mol. The van der Waals surface area contributed by atoms with E-state index in [1.165, 1.54) is 16.6 Å². The number of rotatable bonds is 4. The average Bonchev–Trinajstić information content (AvgIpc) is 3.10. The summed E-state index contributed by atoms with van der Waals surface area (Å²) in [6.45, 7) is 4.76. The van der Waals surface area contributed by atoms with Crippen LogP contribution in [0.15, 0.2) is 24.5 Å². The monoisotopic (exact) mass is 404 g/mol. The van der Waals surface area contributed by atoms with Crippen molar-refractivity contribution in [2.24, 2.45) is 0 Å². The van der Waals surface area contributed by atoms with Crippen molar-refractivity contribution in [2.45, 2.75) is 13.3 Å². The largest absolute Gasteiger partial charge is 0.348 e. The summed E-state index contributed by atoms with van der Waals surface area (Å²) in [4.78, 5) is 27.4.